The van der Waals surface area contributed by atoms with Crippen molar-refractivity contribution in [2.45, 2.75) is 32.6 Å². The van der Waals surface area contributed by atoms with Crippen molar-refractivity contribution in [3.63, 3.8) is 0 Å². The number of ether oxygens (including phenoxy) is 1. The number of anilines is 1. The first-order chi connectivity index (χ1) is 15.1. The zero-order valence-corrected chi connectivity index (χ0v) is 16.9. The van der Waals surface area contributed by atoms with Crippen LogP contribution in [0.1, 0.15) is 30.0 Å². The fourth-order valence-corrected chi connectivity index (χ4v) is 3.88. The third-order valence-electron chi connectivity index (χ3n) is 5.38. The van der Waals surface area contributed by atoms with E-state index in [9.17, 15) is 9.18 Å². The van der Waals surface area contributed by atoms with E-state index in [1.165, 1.54) is 28.4 Å². The summed E-state index contributed by atoms with van der Waals surface area (Å²) in [6.45, 7) is 1.48. The van der Waals surface area contributed by atoms with Gasteiger partial charge in [0.15, 0.2) is 12.4 Å². The van der Waals surface area contributed by atoms with Crippen molar-refractivity contribution >= 4 is 22.6 Å². The van der Waals surface area contributed by atoms with E-state index in [1.54, 1.807) is 13.0 Å². The number of aromatic nitrogens is 4. The summed E-state index contributed by atoms with van der Waals surface area (Å²) < 4.78 is 27.1. The van der Waals surface area contributed by atoms with Crippen LogP contribution in [-0.2, 0) is 17.6 Å². The minimum Gasteiger partial charge on any atom is -0.484 e. The van der Waals surface area contributed by atoms with Gasteiger partial charge in [-0.1, -0.05) is 0 Å². The summed E-state index contributed by atoms with van der Waals surface area (Å²) in [5, 5.41) is 14.8. The highest BCUT2D eigenvalue weighted by molar-refractivity contribution is 5.92. The van der Waals surface area contributed by atoms with Gasteiger partial charge in [0.05, 0.1) is 0 Å². The summed E-state index contributed by atoms with van der Waals surface area (Å²) in [6, 6.07) is 9.79. The molecule has 0 spiro atoms. The first-order valence-electron chi connectivity index (χ1n) is 10.1. The number of carbonyl (C=O) groups excluding carboxylic acids is 1. The molecule has 31 heavy (non-hydrogen) atoms. The summed E-state index contributed by atoms with van der Waals surface area (Å²) in [5.74, 6) is 1.23. The molecule has 1 N–H and O–H groups in total. The van der Waals surface area contributed by atoms with E-state index in [4.69, 9.17) is 9.15 Å². The topological polar surface area (TPSA) is 95.1 Å². The van der Waals surface area contributed by atoms with Gasteiger partial charge in [0.2, 0.25) is 0 Å². The molecule has 0 bridgehead atoms. The third-order valence-corrected chi connectivity index (χ3v) is 5.38. The SMILES string of the molecule is Cc1nnnn1-c1cc(NC(=O)COc2ccc3oc4c(c3c2)CCCC4)ccc1F. The van der Waals surface area contributed by atoms with Gasteiger partial charge in [0.25, 0.3) is 5.91 Å². The molecule has 8 nitrogen and oxygen atoms in total. The highest BCUT2D eigenvalue weighted by Gasteiger charge is 2.18. The first-order valence-corrected chi connectivity index (χ1v) is 10.1. The molecule has 1 aliphatic rings. The molecule has 1 aliphatic carbocycles. The minimum atomic E-state index is -0.499. The summed E-state index contributed by atoms with van der Waals surface area (Å²) in [4.78, 5) is 12.4. The van der Waals surface area contributed by atoms with E-state index in [0.717, 1.165) is 42.4 Å². The van der Waals surface area contributed by atoms with Gasteiger partial charge in [-0.05, 0) is 73.0 Å². The Kier molecular flexibility index (Phi) is 4.85. The Balaban J connectivity index is 1.28. The number of nitrogens with zero attached hydrogens (tertiary/aromatic N) is 4. The van der Waals surface area contributed by atoms with Gasteiger partial charge < -0.3 is 14.5 Å². The summed E-state index contributed by atoms with van der Waals surface area (Å²) in [6.07, 6.45) is 4.26. The van der Waals surface area contributed by atoms with Gasteiger partial charge in [-0.2, -0.15) is 4.68 Å². The van der Waals surface area contributed by atoms with Crippen LogP contribution in [0, 0.1) is 12.7 Å². The number of carbonyl (C=O) groups is 1. The molecule has 0 radical (unpaired) electrons. The fraction of sp³-hybridized carbons (Fsp3) is 0.273. The Bertz CT molecular complexity index is 1280. The second-order valence-electron chi connectivity index (χ2n) is 7.51. The van der Waals surface area contributed by atoms with Crippen molar-refractivity contribution in [3.05, 3.63) is 59.4 Å². The average Bonchev–Trinajstić information content (AvgIpc) is 3.36. The molecule has 0 fully saturated rings. The molecule has 0 aliphatic heterocycles. The van der Waals surface area contributed by atoms with Gasteiger partial charge in [0, 0.05) is 23.1 Å². The summed E-state index contributed by atoms with van der Waals surface area (Å²) in [7, 11) is 0. The van der Waals surface area contributed by atoms with Gasteiger partial charge >= 0.3 is 0 Å². The summed E-state index contributed by atoms with van der Waals surface area (Å²) in [5.41, 5.74) is 2.66. The third kappa shape index (κ3) is 3.74. The van der Waals surface area contributed by atoms with E-state index < -0.39 is 5.82 Å². The van der Waals surface area contributed by atoms with Gasteiger partial charge in [-0.3, -0.25) is 4.79 Å². The maximum atomic E-state index is 14.2. The van der Waals surface area contributed by atoms with Crippen molar-refractivity contribution in [2.75, 3.05) is 11.9 Å². The monoisotopic (exact) mass is 421 g/mol. The molecule has 0 unspecified atom stereocenters. The van der Waals surface area contributed by atoms with Gasteiger partial charge in [0.1, 0.15) is 28.6 Å². The number of amides is 1. The highest BCUT2D eigenvalue weighted by Crippen LogP contribution is 2.34. The zero-order chi connectivity index (χ0) is 21.4. The van der Waals surface area contributed by atoms with Crippen LogP contribution in [-0.4, -0.2) is 32.7 Å². The second kappa shape index (κ2) is 7.82. The molecule has 2 heterocycles. The lowest BCUT2D eigenvalue weighted by Crippen LogP contribution is -2.20. The number of fused-ring (bicyclic) bond motifs is 3. The zero-order valence-electron chi connectivity index (χ0n) is 16.9. The second-order valence-corrected chi connectivity index (χ2v) is 7.51. The molecule has 0 saturated carbocycles. The van der Waals surface area contributed by atoms with Crippen molar-refractivity contribution < 1.29 is 18.3 Å². The van der Waals surface area contributed by atoms with E-state index in [0.29, 0.717) is 17.3 Å². The normalized spacial score (nSPS) is 13.2. The number of benzene rings is 2. The lowest BCUT2D eigenvalue weighted by atomic mass is 9.96. The number of nitrogens with one attached hydrogen (secondary N) is 1. The standard InChI is InChI=1S/C22H20FN5O3/c1-13-25-26-27-28(13)19-10-14(6-8-18(19)23)24-22(29)12-30-15-7-9-21-17(11-15)16-4-2-3-5-20(16)31-21/h6-11H,2-5,12H2,1H3,(H,24,29). The molecule has 2 aromatic carbocycles. The average molecular weight is 421 g/mol. The van der Waals surface area contributed by atoms with Crippen LogP contribution in [0.5, 0.6) is 5.75 Å². The van der Waals surface area contributed by atoms with Crippen LogP contribution >= 0.6 is 0 Å². The maximum absolute atomic E-state index is 14.2. The molecular formula is C22H20FN5O3. The molecule has 4 aromatic rings. The van der Waals surface area contributed by atoms with Crippen molar-refractivity contribution in [3.8, 4) is 11.4 Å². The Labute approximate surface area is 177 Å². The van der Waals surface area contributed by atoms with Crippen LogP contribution in [0.2, 0.25) is 0 Å². The van der Waals surface area contributed by atoms with E-state index in [1.807, 2.05) is 12.1 Å². The lowest BCUT2D eigenvalue weighted by molar-refractivity contribution is -0.118. The Morgan fingerprint density at radius 1 is 1.23 bits per heavy atom. The number of tetrazole rings is 1. The Hall–Kier alpha value is -3.75. The number of aryl methyl sites for hydroxylation is 3. The largest absolute Gasteiger partial charge is 0.484 e. The van der Waals surface area contributed by atoms with Crippen LogP contribution in [0.15, 0.2) is 40.8 Å². The maximum Gasteiger partial charge on any atom is 0.262 e. The molecule has 2 aromatic heterocycles. The van der Waals surface area contributed by atoms with Crippen molar-refractivity contribution in [1.82, 2.24) is 20.2 Å². The van der Waals surface area contributed by atoms with Crippen molar-refractivity contribution in [1.29, 1.82) is 0 Å². The van der Waals surface area contributed by atoms with Gasteiger partial charge in [-0.15, -0.1) is 5.10 Å². The predicted octanol–water partition coefficient (Wildman–Crippen LogP) is 3.75. The Morgan fingerprint density at radius 2 is 2.10 bits per heavy atom. The van der Waals surface area contributed by atoms with Crippen molar-refractivity contribution in [2.24, 2.45) is 0 Å². The lowest BCUT2D eigenvalue weighted by Gasteiger charge is -2.10. The first kappa shape index (κ1) is 19.2. The highest BCUT2D eigenvalue weighted by atomic mass is 19.1. The molecule has 158 valence electrons. The molecule has 1 amide bonds. The molecular weight excluding hydrogens is 401 g/mol. The number of rotatable bonds is 5. The van der Waals surface area contributed by atoms with E-state index in [2.05, 4.69) is 20.8 Å². The summed E-state index contributed by atoms with van der Waals surface area (Å²) >= 11 is 0. The predicted molar refractivity (Wildman–Crippen MR) is 111 cm³/mol. The Morgan fingerprint density at radius 3 is 2.94 bits per heavy atom. The number of hydrogen-bond donors (Lipinski definition) is 1. The van der Waals surface area contributed by atoms with E-state index >= 15 is 0 Å². The number of hydrogen-bond acceptors (Lipinski definition) is 6. The van der Waals surface area contributed by atoms with Crippen LogP contribution in [0.4, 0.5) is 10.1 Å². The van der Waals surface area contributed by atoms with E-state index in [-0.39, 0.29) is 18.2 Å². The van der Waals surface area contributed by atoms with Crippen LogP contribution in [0.3, 0.4) is 0 Å². The minimum absolute atomic E-state index is 0.149. The van der Waals surface area contributed by atoms with Crippen LogP contribution < -0.4 is 10.1 Å². The van der Waals surface area contributed by atoms with Crippen LogP contribution in [0.25, 0.3) is 16.7 Å². The number of halogens is 1. The smallest absolute Gasteiger partial charge is 0.262 e. The quantitative estimate of drug-likeness (QED) is 0.527. The molecule has 0 saturated heterocycles. The number of furan rings is 1. The van der Waals surface area contributed by atoms with Gasteiger partial charge in [-0.25, -0.2) is 4.39 Å². The molecule has 5 rings (SSSR count). The molecule has 0 atom stereocenters. The molecule has 9 heteroatoms. The fourth-order valence-electron chi connectivity index (χ4n) is 3.88.